The molecule has 4 heteroatoms. The molecule has 0 bridgehead atoms. The monoisotopic (exact) mass is 299 g/mol. The van der Waals surface area contributed by atoms with Crippen LogP contribution >= 0.6 is 23.2 Å². The average molecular weight is 300 g/mol. The first-order chi connectivity index (χ1) is 9.11. The van der Waals surface area contributed by atoms with Crippen LogP contribution in [0, 0.1) is 6.92 Å². The molecule has 1 saturated carbocycles. The SMILES string of the molecule is Cc1cc(Cl)cc(C(=O)N(CCCl)C2CCCC2)c1. The van der Waals surface area contributed by atoms with Gasteiger partial charge in [0.05, 0.1) is 0 Å². The molecule has 0 heterocycles. The van der Waals surface area contributed by atoms with E-state index in [2.05, 4.69) is 0 Å². The molecule has 0 radical (unpaired) electrons. The van der Waals surface area contributed by atoms with Crippen LogP contribution in [0.5, 0.6) is 0 Å². The molecule has 0 unspecified atom stereocenters. The molecule has 2 nitrogen and oxygen atoms in total. The Kier molecular flexibility index (Phi) is 5.12. The quantitative estimate of drug-likeness (QED) is 0.760. The highest BCUT2D eigenvalue weighted by molar-refractivity contribution is 6.31. The number of nitrogens with zero attached hydrogens (tertiary/aromatic N) is 1. The largest absolute Gasteiger partial charge is 0.334 e. The number of halogens is 2. The minimum absolute atomic E-state index is 0.0538. The zero-order chi connectivity index (χ0) is 13.8. The van der Waals surface area contributed by atoms with Gasteiger partial charge in [-0.2, -0.15) is 0 Å². The van der Waals surface area contributed by atoms with Crippen LogP contribution in [0.25, 0.3) is 0 Å². The number of hydrogen-bond acceptors (Lipinski definition) is 1. The minimum atomic E-state index is 0.0538. The van der Waals surface area contributed by atoms with E-state index in [4.69, 9.17) is 23.2 Å². The lowest BCUT2D eigenvalue weighted by Crippen LogP contribution is -2.40. The van der Waals surface area contributed by atoms with Crippen molar-refractivity contribution in [3.05, 3.63) is 34.3 Å². The molecule has 0 atom stereocenters. The fraction of sp³-hybridized carbons (Fsp3) is 0.533. The van der Waals surface area contributed by atoms with Crippen molar-refractivity contribution in [1.29, 1.82) is 0 Å². The maximum Gasteiger partial charge on any atom is 0.254 e. The molecule has 0 spiro atoms. The third kappa shape index (κ3) is 3.64. The van der Waals surface area contributed by atoms with E-state index in [0.29, 0.717) is 29.1 Å². The summed E-state index contributed by atoms with van der Waals surface area (Å²) in [6, 6.07) is 5.84. The Morgan fingerprint density at radius 3 is 2.58 bits per heavy atom. The van der Waals surface area contributed by atoms with Crippen LogP contribution in [-0.4, -0.2) is 29.3 Å². The molecular formula is C15H19Cl2NO. The van der Waals surface area contributed by atoms with E-state index in [0.717, 1.165) is 18.4 Å². The van der Waals surface area contributed by atoms with Gasteiger partial charge in [0.1, 0.15) is 0 Å². The molecule has 1 aliphatic rings. The van der Waals surface area contributed by atoms with Crippen LogP contribution < -0.4 is 0 Å². The van der Waals surface area contributed by atoms with Gasteiger partial charge in [0, 0.05) is 29.1 Å². The van der Waals surface area contributed by atoms with Crippen molar-refractivity contribution in [1.82, 2.24) is 4.90 Å². The summed E-state index contributed by atoms with van der Waals surface area (Å²) in [5.41, 5.74) is 1.68. The van der Waals surface area contributed by atoms with Gasteiger partial charge < -0.3 is 4.90 Å². The summed E-state index contributed by atoms with van der Waals surface area (Å²) < 4.78 is 0. The van der Waals surface area contributed by atoms with Gasteiger partial charge in [-0.05, 0) is 43.5 Å². The van der Waals surface area contributed by atoms with Crippen molar-refractivity contribution >= 4 is 29.1 Å². The smallest absolute Gasteiger partial charge is 0.254 e. The van der Waals surface area contributed by atoms with Gasteiger partial charge in [-0.3, -0.25) is 4.79 Å². The number of benzene rings is 1. The van der Waals surface area contributed by atoms with E-state index < -0.39 is 0 Å². The summed E-state index contributed by atoms with van der Waals surface area (Å²) in [4.78, 5) is 14.6. The second-order valence-corrected chi connectivity index (χ2v) is 5.96. The summed E-state index contributed by atoms with van der Waals surface area (Å²) >= 11 is 11.9. The average Bonchev–Trinajstić information content (AvgIpc) is 2.87. The Balaban J connectivity index is 2.22. The number of aryl methyl sites for hydroxylation is 1. The molecule has 1 aliphatic carbocycles. The molecule has 1 amide bonds. The third-order valence-electron chi connectivity index (χ3n) is 3.64. The van der Waals surface area contributed by atoms with Crippen LogP contribution in [0.3, 0.4) is 0 Å². The summed E-state index contributed by atoms with van der Waals surface area (Å²) in [7, 11) is 0. The van der Waals surface area contributed by atoms with Crippen molar-refractivity contribution in [2.75, 3.05) is 12.4 Å². The molecular weight excluding hydrogens is 281 g/mol. The highest BCUT2D eigenvalue weighted by Gasteiger charge is 2.27. The second kappa shape index (κ2) is 6.62. The van der Waals surface area contributed by atoms with Gasteiger partial charge in [-0.15, -0.1) is 11.6 Å². The number of rotatable bonds is 4. The molecule has 1 aromatic rings. The standard InChI is InChI=1S/C15H19Cl2NO/c1-11-8-12(10-13(17)9-11)15(19)18(7-6-16)14-4-2-3-5-14/h8-10,14H,2-7H2,1H3. The van der Waals surface area contributed by atoms with Crippen LogP contribution in [-0.2, 0) is 0 Å². The zero-order valence-electron chi connectivity index (χ0n) is 11.2. The maximum atomic E-state index is 12.6. The first kappa shape index (κ1) is 14.7. The van der Waals surface area contributed by atoms with Crippen molar-refractivity contribution in [2.24, 2.45) is 0 Å². The molecule has 1 aromatic carbocycles. The molecule has 0 aromatic heterocycles. The lowest BCUT2D eigenvalue weighted by atomic mass is 10.1. The first-order valence-electron chi connectivity index (χ1n) is 6.76. The van der Waals surface area contributed by atoms with Gasteiger partial charge in [0.25, 0.3) is 5.91 Å². The number of carbonyl (C=O) groups is 1. The third-order valence-corrected chi connectivity index (χ3v) is 4.03. The lowest BCUT2D eigenvalue weighted by Gasteiger charge is -2.28. The molecule has 2 rings (SSSR count). The predicted molar refractivity (Wildman–Crippen MR) is 80.2 cm³/mol. The van der Waals surface area contributed by atoms with Crippen molar-refractivity contribution in [3.8, 4) is 0 Å². The molecule has 0 aliphatic heterocycles. The zero-order valence-corrected chi connectivity index (χ0v) is 12.7. The Hall–Kier alpha value is -0.730. The van der Waals surface area contributed by atoms with Gasteiger partial charge in [0.2, 0.25) is 0 Å². The van der Waals surface area contributed by atoms with Crippen LogP contribution in [0.2, 0.25) is 5.02 Å². The molecule has 104 valence electrons. The van der Waals surface area contributed by atoms with Crippen LogP contribution in [0.4, 0.5) is 0 Å². The predicted octanol–water partition coefficient (Wildman–Crippen LogP) is 4.27. The normalized spacial score (nSPS) is 15.7. The number of carbonyl (C=O) groups excluding carboxylic acids is 1. The molecule has 1 fully saturated rings. The van der Waals surface area contributed by atoms with E-state index in [1.807, 2.05) is 24.0 Å². The number of alkyl halides is 1. The molecule has 0 saturated heterocycles. The van der Waals surface area contributed by atoms with E-state index in [1.54, 1.807) is 6.07 Å². The van der Waals surface area contributed by atoms with Gasteiger partial charge in [0.15, 0.2) is 0 Å². The fourth-order valence-electron chi connectivity index (χ4n) is 2.78. The van der Waals surface area contributed by atoms with Crippen molar-refractivity contribution < 1.29 is 4.79 Å². The highest BCUT2D eigenvalue weighted by atomic mass is 35.5. The fourth-order valence-corrected chi connectivity index (χ4v) is 3.25. The topological polar surface area (TPSA) is 20.3 Å². The van der Waals surface area contributed by atoms with Crippen molar-refractivity contribution in [2.45, 2.75) is 38.6 Å². The summed E-state index contributed by atoms with van der Waals surface area (Å²) in [5, 5.41) is 0.612. The summed E-state index contributed by atoms with van der Waals surface area (Å²) in [5.74, 6) is 0.528. The minimum Gasteiger partial charge on any atom is -0.334 e. The molecule has 0 N–H and O–H groups in total. The highest BCUT2D eigenvalue weighted by Crippen LogP contribution is 2.26. The van der Waals surface area contributed by atoms with E-state index >= 15 is 0 Å². The van der Waals surface area contributed by atoms with Gasteiger partial charge >= 0.3 is 0 Å². The Labute approximate surface area is 124 Å². The maximum absolute atomic E-state index is 12.6. The van der Waals surface area contributed by atoms with E-state index in [-0.39, 0.29) is 5.91 Å². The van der Waals surface area contributed by atoms with Crippen LogP contribution in [0.1, 0.15) is 41.6 Å². The second-order valence-electron chi connectivity index (χ2n) is 5.14. The Morgan fingerprint density at radius 2 is 2.00 bits per heavy atom. The van der Waals surface area contributed by atoms with E-state index in [1.165, 1.54) is 12.8 Å². The van der Waals surface area contributed by atoms with Crippen LogP contribution in [0.15, 0.2) is 18.2 Å². The van der Waals surface area contributed by atoms with Gasteiger partial charge in [-0.1, -0.05) is 24.4 Å². The summed E-state index contributed by atoms with van der Waals surface area (Å²) in [6.07, 6.45) is 4.57. The van der Waals surface area contributed by atoms with E-state index in [9.17, 15) is 4.79 Å². The molecule has 19 heavy (non-hydrogen) atoms. The lowest BCUT2D eigenvalue weighted by molar-refractivity contribution is 0.0695. The number of amides is 1. The van der Waals surface area contributed by atoms with Gasteiger partial charge in [-0.25, -0.2) is 0 Å². The van der Waals surface area contributed by atoms with Crippen molar-refractivity contribution in [3.63, 3.8) is 0 Å². The summed E-state index contributed by atoms with van der Waals surface area (Å²) in [6.45, 7) is 2.56. The Bertz CT molecular complexity index is 435. The Morgan fingerprint density at radius 1 is 1.32 bits per heavy atom. The number of hydrogen-bond donors (Lipinski definition) is 0. The first-order valence-corrected chi connectivity index (χ1v) is 7.67.